The van der Waals surface area contributed by atoms with E-state index in [-0.39, 0.29) is 12.7 Å². The van der Waals surface area contributed by atoms with E-state index in [1.165, 1.54) is 0 Å². The van der Waals surface area contributed by atoms with Crippen LogP contribution in [0.1, 0.15) is 27.7 Å². The van der Waals surface area contributed by atoms with Gasteiger partial charge in [0.15, 0.2) is 23.5 Å². The summed E-state index contributed by atoms with van der Waals surface area (Å²) < 4.78 is 28.8. The van der Waals surface area contributed by atoms with Crippen LogP contribution in [-0.4, -0.2) is 54.0 Å². The molecule has 104 valence electrons. The van der Waals surface area contributed by atoms with Gasteiger partial charge in [0.05, 0.1) is 13.2 Å². The van der Waals surface area contributed by atoms with Gasteiger partial charge in [-0.3, -0.25) is 0 Å². The second-order valence-corrected chi connectivity index (χ2v) is 5.99. The van der Waals surface area contributed by atoms with Crippen molar-refractivity contribution in [1.29, 1.82) is 0 Å². The van der Waals surface area contributed by atoms with Crippen LogP contribution in [0.4, 0.5) is 0 Å². The van der Waals surface area contributed by atoms with Crippen molar-refractivity contribution in [3.63, 3.8) is 0 Å². The first-order chi connectivity index (χ1) is 8.28. The van der Waals surface area contributed by atoms with Gasteiger partial charge in [0.2, 0.25) is 0 Å². The van der Waals surface area contributed by atoms with Crippen molar-refractivity contribution in [3.8, 4) is 0 Å². The molecule has 6 nitrogen and oxygen atoms in total. The maximum atomic E-state index is 9.76. The van der Waals surface area contributed by atoms with Crippen molar-refractivity contribution in [2.75, 3.05) is 13.2 Å². The van der Waals surface area contributed by atoms with Gasteiger partial charge in [0.1, 0.15) is 12.2 Å². The van der Waals surface area contributed by atoms with Crippen LogP contribution in [0, 0.1) is 0 Å². The molecule has 0 bridgehead atoms. The third-order valence-electron chi connectivity index (χ3n) is 3.60. The van der Waals surface area contributed by atoms with Crippen LogP contribution in [0.3, 0.4) is 0 Å². The Hall–Kier alpha value is -0.240. The maximum Gasteiger partial charge on any atom is 0.195 e. The molecule has 0 spiro atoms. The lowest BCUT2D eigenvalue weighted by molar-refractivity contribution is -0.330. The van der Waals surface area contributed by atoms with Crippen molar-refractivity contribution in [1.82, 2.24) is 0 Å². The minimum absolute atomic E-state index is 0.210. The van der Waals surface area contributed by atoms with Crippen molar-refractivity contribution in [3.05, 3.63) is 0 Å². The van der Waals surface area contributed by atoms with E-state index in [4.69, 9.17) is 23.7 Å². The van der Waals surface area contributed by atoms with Gasteiger partial charge < -0.3 is 28.8 Å². The van der Waals surface area contributed by atoms with Gasteiger partial charge in [-0.2, -0.15) is 0 Å². The van der Waals surface area contributed by atoms with E-state index >= 15 is 0 Å². The van der Waals surface area contributed by atoms with Crippen LogP contribution < -0.4 is 0 Å². The first-order valence-electron chi connectivity index (χ1n) is 6.24. The molecule has 3 fully saturated rings. The minimum Gasteiger partial charge on any atom is -0.393 e. The first-order valence-corrected chi connectivity index (χ1v) is 6.24. The molecule has 4 unspecified atom stereocenters. The van der Waals surface area contributed by atoms with Crippen molar-refractivity contribution in [2.24, 2.45) is 0 Å². The molecule has 3 saturated heterocycles. The van der Waals surface area contributed by atoms with Crippen LogP contribution in [-0.2, 0) is 23.7 Å². The Morgan fingerprint density at radius 2 is 1.83 bits per heavy atom. The lowest BCUT2D eigenvalue weighted by Gasteiger charge is -2.42. The molecule has 18 heavy (non-hydrogen) atoms. The molecule has 0 aromatic carbocycles. The fraction of sp³-hybridized carbons (Fsp3) is 1.00. The second-order valence-electron chi connectivity index (χ2n) is 5.99. The normalized spacial score (nSPS) is 48.8. The zero-order valence-corrected chi connectivity index (χ0v) is 11.1. The first kappa shape index (κ1) is 12.8. The molecule has 4 atom stereocenters. The Bertz CT molecular complexity index is 354. The average molecular weight is 260 g/mol. The zero-order valence-electron chi connectivity index (χ0n) is 11.1. The molecule has 0 aromatic rings. The van der Waals surface area contributed by atoms with E-state index in [0.29, 0.717) is 6.61 Å². The predicted octanol–water partition coefficient (Wildman–Crippen LogP) is 0.377. The highest BCUT2D eigenvalue weighted by atomic mass is 16.9. The highest BCUT2D eigenvalue weighted by molar-refractivity contribution is 5.08. The molecule has 0 amide bonds. The summed E-state index contributed by atoms with van der Waals surface area (Å²) in [6.45, 7) is 7.46. The molecule has 1 N–H and O–H groups in total. The van der Waals surface area contributed by atoms with E-state index in [1.54, 1.807) is 13.8 Å². The molecule has 3 aliphatic rings. The standard InChI is InChI=1S/C12H20O6/c1-10(2)14-5-7-8(16-10)12(6-13)9(15-7)17-11(3,4)18-12/h7-9,13H,5-6H2,1-4H3. The molecule has 0 aliphatic carbocycles. The molecule has 3 heterocycles. The quantitative estimate of drug-likeness (QED) is 0.735. The van der Waals surface area contributed by atoms with Gasteiger partial charge in [-0.1, -0.05) is 0 Å². The summed E-state index contributed by atoms with van der Waals surface area (Å²) in [7, 11) is 0. The summed E-state index contributed by atoms with van der Waals surface area (Å²) in [6, 6.07) is 0. The molecule has 0 radical (unpaired) electrons. The monoisotopic (exact) mass is 260 g/mol. The molecule has 3 aliphatic heterocycles. The van der Waals surface area contributed by atoms with Gasteiger partial charge in [0, 0.05) is 0 Å². The zero-order chi connectivity index (χ0) is 13.2. The Morgan fingerprint density at radius 3 is 2.50 bits per heavy atom. The lowest BCUT2D eigenvalue weighted by atomic mass is 9.95. The van der Waals surface area contributed by atoms with Gasteiger partial charge >= 0.3 is 0 Å². The van der Waals surface area contributed by atoms with Crippen molar-refractivity contribution >= 4 is 0 Å². The van der Waals surface area contributed by atoms with Crippen LogP contribution in [0.5, 0.6) is 0 Å². The van der Waals surface area contributed by atoms with E-state index in [9.17, 15) is 5.11 Å². The molecule has 3 rings (SSSR count). The van der Waals surface area contributed by atoms with Crippen molar-refractivity contribution < 1.29 is 28.8 Å². The van der Waals surface area contributed by atoms with Crippen LogP contribution in [0.25, 0.3) is 0 Å². The van der Waals surface area contributed by atoms with Crippen molar-refractivity contribution in [2.45, 2.75) is 63.4 Å². The molecule has 6 heteroatoms. The summed E-state index contributed by atoms with van der Waals surface area (Å²) in [5, 5.41) is 9.76. The lowest BCUT2D eigenvalue weighted by Crippen LogP contribution is -2.58. The minimum atomic E-state index is -0.963. The Balaban J connectivity index is 1.92. The number of hydrogen-bond acceptors (Lipinski definition) is 6. The summed E-state index contributed by atoms with van der Waals surface area (Å²) in [4.78, 5) is 0. The molecular weight excluding hydrogens is 240 g/mol. The summed E-state index contributed by atoms with van der Waals surface area (Å²) >= 11 is 0. The number of hydrogen-bond donors (Lipinski definition) is 1. The van der Waals surface area contributed by atoms with Crippen LogP contribution >= 0.6 is 0 Å². The maximum absolute atomic E-state index is 9.76. The SMILES string of the molecule is CC1(C)OCC2OC3OC(C)(C)OC3(CO)C2O1. The van der Waals surface area contributed by atoms with E-state index in [2.05, 4.69) is 0 Å². The van der Waals surface area contributed by atoms with Crippen LogP contribution in [0.15, 0.2) is 0 Å². The number of fused-ring (bicyclic) bond motifs is 3. The third kappa shape index (κ3) is 1.71. The van der Waals surface area contributed by atoms with E-state index in [1.807, 2.05) is 13.8 Å². The summed E-state index contributed by atoms with van der Waals surface area (Å²) in [5.41, 5.74) is -0.963. The molecular formula is C12H20O6. The summed E-state index contributed by atoms with van der Waals surface area (Å²) in [6.07, 6.45) is -1.28. The highest BCUT2D eigenvalue weighted by Crippen LogP contribution is 2.49. The van der Waals surface area contributed by atoms with Gasteiger partial charge in [-0.05, 0) is 27.7 Å². The molecule has 0 aromatic heterocycles. The van der Waals surface area contributed by atoms with Crippen LogP contribution in [0.2, 0.25) is 0 Å². The highest BCUT2D eigenvalue weighted by Gasteiger charge is 2.68. The van der Waals surface area contributed by atoms with Gasteiger partial charge in [0.25, 0.3) is 0 Å². The Labute approximate surface area is 106 Å². The average Bonchev–Trinajstić information content (AvgIpc) is 2.66. The van der Waals surface area contributed by atoms with Gasteiger partial charge in [-0.15, -0.1) is 0 Å². The van der Waals surface area contributed by atoms with Gasteiger partial charge in [-0.25, -0.2) is 0 Å². The van der Waals surface area contributed by atoms with E-state index < -0.39 is 29.6 Å². The fourth-order valence-corrected chi connectivity index (χ4v) is 2.89. The third-order valence-corrected chi connectivity index (χ3v) is 3.60. The van der Waals surface area contributed by atoms with E-state index in [0.717, 1.165) is 0 Å². The smallest absolute Gasteiger partial charge is 0.195 e. The number of ether oxygens (including phenoxy) is 5. The topological polar surface area (TPSA) is 66.4 Å². The number of aliphatic hydroxyl groups excluding tert-OH is 1. The predicted molar refractivity (Wildman–Crippen MR) is 59.6 cm³/mol. The number of rotatable bonds is 1. The largest absolute Gasteiger partial charge is 0.393 e. The Kier molecular flexibility index (Phi) is 2.59. The molecule has 0 saturated carbocycles. The number of aliphatic hydroxyl groups is 1. The fourth-order valence-electron chi connectivity index (χ4n) is 2.89. The Morgan fingerprint density at radius 1 is 1.11 bits per heavy atom. The summed E-state index contributed by atoms with van der Waals surface area (Å²) in [5.74, 6) is -1.50. The second kappa shape index (κ2) is 3.65.